The predicted molar refractivity (Wildman–Crippen MR) is 81.9 cm³/mol. The predicted octanol–water partition coefficient (Wildman–Crippen LogP) is 3.63. The van der Waals surface area contributed by atoms with E-state index in [1.54, 1.807) is 36.4 Å². The van der Waals surface area contributed by atoms with Gasteiger partial charge in [0, 0.05) is 11.3 Å². The molecule has 0 heterocycles. The van der Waals surface area contributed by atoms with Crippen molar-refractivity contribution in [2.75, 3.05) is 5.73 Å². The molecule has 0 atom stereocenters. The average molecular weight is 265 g/mol. The van der Waals surface area contributed by atoms with Gasteiger partial charge in [0.2, 0.25) is 0 Å². The summed E-state index contributed by atoms with van der Waals surface area (Å²) in [6.07, 6.45) is 0.774. The number of hydrogen-bond donors (Lipinski definition) is 2. The summed E-state index contributed by atoms with van der Waals surface area (Å²) in [5.41, 5.74) is 6.62. The highest BCUT2D eigenvalue weighted by molar-refractivity contribution is 5.83. The minimum absolute atomic E-state index is 0.323. The molecular formula is C17H15NO2. The number of aromatic hydroxyl groups is 1. The number of phenols is 1. The van der Waals surface area contributed by atoms with Crippen LogP contribution in [0.25, 0.3) is 10.8 Å². The van der Waals surface area contributed by atoms with Gasteiger partial charge in [-0.05, 0) is 35.0 Å². The summed E-state index contributed by atoms with van der Waals surface area (Å²) < 4.78 is 0. The molecule has 0 amide bonds. The molecule has 0 aliphatic carbocycles. The van der Waals surface area contributed by atoms with Gasteiger partial charge >= 0.3 is 0 Å². The van der Waals surface area contributed by atoms with E-state index in [4.69, 9.17) is 10.8 Å². The van der Waals surface area contributed by atoms with Crippen molar-refractivity contribution in [3.8, 4) is 5.75 Å². The smallest absolute Gasteiger partial charge is 0.150 e. The number of anilines is 1. The Morgan fingerprint density at radius 2 is 1.60 bits per heavy atom. The Kier molecular flexibility index (Phi) is 4.35. The summed E-state index contributed by atoms with van der Waals surface area (Å²) in [5.74, 6) is 0.323. The monoisotopic (exact) mass is 265 g/mol. The van der Waals surface area contributed by atoms with Crippen molar-refractivity contribution in [3.63, 3.8) is 0 Å². The molecule has 0 fully saturated rings. The summed E-state index contributed by atoms with van der Waals surface area (Å²) in [6, 6.07) is 20.1. The van der Waals surface area contributed by atoms with Crippen LogP contribution in [0.2, 0.25) is 0 Å². The van der Waals surface area contributed by atoms with Gasteiger partial charge in [0.1, 0.15) is 12.0 Å². The quantitative estimate of drug-likeness (QED) is 0.521. The molecule has 3 rings (SSSR count). The molecule has 3 heteroatoms. The standard InChI is InChI=1S/C10H8O.C7H7NO/c11-10-6-5-8-3-1-2-4-9(8)7-10;8-7-3-1-2-6(4-7)5-9/h1-7,11H;1-5H,8H2. The van der Waals surface area contributed by atoms with Crippen molar-refractivity contribution in [1.82, 2.24) is 0 Å². The maximum absolute atomic E-state index is 10.1. The highest BCUT2D eigenvalue weighted by Gasteiger charge is 1.91. The molecule has 3 aromatic rings. The summed E-state index contributed by atoms with van der Waals surface area (Å²) in [4.78, 5) is 10.1. The number of rotatable bonds is 1. The molecule has 0 saturated carbocycles. The fourth-order valence-electron chi connectivity index (χ4n) is 1.81. The third-order valence-electron chi connectivity index (χ3n) is 2.78. The lowest BCUT2D eigenvalue weighted by Gasteiger charge is -1.96. The number of phenolic OH excluding ortho intramolecular Hbond substituents is 1. The number of carbonyl (C=O) groups is 1. The van der Waals surface area contributed by atoms with Crippen LogP contribution in [-0.4, -0.2) is 11.4 Å². The summed E-state index contributed by atoms with van der Waals surface area (Å²) in [6.45, 7) is 0. The van der Waals surface area contributed by atoms with E-state index in [1.807, 2.05) is 30.3 Å². The SMILES string of the molecule is Nc1cccc(C=O)c1.Oc1ccc2ccccc2c1. The van der Waals surface area contributed by atoms with Gasteiger partial charge in [-0.15, -0.1) is 0 Å². The molecule has 0 aliphatic rings. The van der Waals surface area contributed by atoms with Crippen LogP contribution in [-0.2, 0) is 0 Å². The Labute approximate surface area is 117 Å². The molecule has 0 radical (unpaired) electrons. The van der Waals surface area contributed by atoms with Crippen LogP contribution in [0.4, 0.5) is 5.69 Å². The van der Waals surface area contributed by atoms with Crippen LogP contribution in [0.5, 0.6) is 5.75 Å². The zero-order chi connectivity index (χ0) is 14.4. The van der Waals surface area contributed by atoms with Gasteiger partial charge in [-0.3, -0.25) is 4.79 Å². The zero-order valence-corrected chi connectivity index (χ0v) is 10.9. The molecule has 100 valence electrons. The highest BCUT2D eigenvalue weighted by Crippen LogP contribution is 2.18. The van der Waals surface area contributed by atoms with Crippen LogP contribution in [0, 0.1) is 0 Å². The van der Waals surface area contributed by atoms with Crippen LogP contribution < -0.4 is 5.73 Å². The molecule has 20 heavy (non-hydrogen) atoms. The average Bonchev–Trinajstić information content (AvgIpc) is 2.47. The van der Waals surface area contributed by atoms with E-state index in [-0.39, 0.29) is 0 Å². The molecule has 0 unspecified atom stereocenters. The number of nitrogens with two attached hydrogens (primary N) is 1. The lowest BCUT2D eigenvalue weighted by Crippen LogP contribution is -1.85. The Morgan fingerprint density at radius 1 is 0.850 bits per heavy atom. The molecule has 3 N–H and O–H groups in total. The lowest BCUT2D eigenvalue weighted by atomic mass is 10.1. The first-order valence-electron chi connectivity index (χ1n) is 6.17. The second-order valence-corrected chi connectivity index (χ2v) is 4.32. The first-order valence-corrected chi connectivity index (χ1v) is 6.17. The van der Waals surface area contributed by atoms with Gasteiger partial charge in [-0.25, -0.2) is 0 Å². The van der Waals surface area contributed by atoms with Crippen LogP contribution >= 0.6 is 0 Å². The van der Waals surface area contributed by atoms with E-state index in [0.29, 0.717) is 17.0 Å². The Bertz CT molecular complexity index is 723. The van der Waals surface area contributed by atoms with Crippen LogP contribution in [0.3, 0.4) is 0 Å². The molecule has 0 bridgehead atoms. The van der Waals surface area contributed by atoms with Crippen molar-refractivity contribution in [1.29, 1.82) is 0 Å². The molecule has 0 spiro atoms. The number of aldehydes is 1. The number of carbonyl (C=O) groups excluding carboxylic acids is 1. The molecule has 0 aliphatic heterocycles. The minimum Gasteiger partial charge on any atom is -0.508 e. The Morgan fingerprint density at radius 3 is 2.25 bits per heavy atom. The fourth-order valence-corrected chi connectivity index (χ4v) is 1.81. The first kappa shape index (κ1) is 13.6. The minimum atomic E-state index is 0.323. The van der Waals surface area contributed by atoms with Crippen molar-refractivity contribution in [2.45, 2.75) is 0 Å². The van der Waals surface area contributed by atoms with Gasteiger partial charge in [-0.2, -0.15) is 0 Å². The number of nitrogen functional groups attached to an aromatic ring is 1. The second kappa shape index (κ2) is 6.38. The van der Waals surface area contributed by atoms with Crippen molar-refractivity contribution in [2.24, 2.45) is 0 Å². The van der Waals surface area contributed by atoms with Gasteiger partial charge in [-0.1, -0.05) is 42.5 Å². The van der Waals surface area contributed by atoms with E-state index in [2.05, 4.69) is 0 Å². The maximum Gasteiger partial charge on any atom is 0.150 e. The van der Waals surface area contributed by atoms with Gasteiger partial charge < -0.3 is 10.8 Å². The van der Waals surface area contributed by atoms with Crippen molar-refractivity contribution in [3.05, 3.63) is 72.3 Å². The molecule has 3 aromatic carbocycles. The topological polar surface area (TPSA) is 63.3 Å². The number of benzene rings is 3. The third kappa shape index (κ3) is 3.59. The number of fused-ring (bicyclic) bond motifs is 1. The Balaban J connectivity index is 0.000000151. The number of hydrogen-bond acceptors (Lipinski definition) is 3. The normalized spacial score (nSPS) is 9.60. The Hall–Kier alpha value is -2.81. The van der Waals surface area contributed by atoms with E-state index in [1.165, 1.54) is 0 Å². The second-order valence-electron chi connectivity index (χ2n) is 4.32. The van der Waals surface area contributed by atoms with Crippen molar-refractivity contribution < 1.29 is 9.90 Å². The van der Waals surface area contributed by atoms with Crippen LogP contribution in [0.1, 0.15) is 10.4 Å². The van der Waals surface area contributed by atoms with Crippen molar-refractivity contribution >= 4 is 22.7 Å². The molecule has 0 saturated heterocycles. The summed E-state index contributed by atoms with van der Waals surface area (Å²) in [5, 5.41) is 11.4. The van der Waals surface area contributed by atoms with E-state index < -0.39 is 0 Å². The highest BCUT2D eigenvalue weighted by atomic mass is 16.3. The maximum atomic E-state index is 10.1. The van der Waals surface area contributed by atoms with Gasteiger partial charge in [0.05, 0.1) is 0 Å². The molecule has 3 nitrogen and oxygen atoms in total. The lowest BCUT2D eigenvalue weighted by molar-refractivity contribution is 0.112. The van der Waals surface area contributed by atoms with Gasteiger partial charge in [0.25, 0.3) is 0 Å². The van der Waals surface area contributed by atoms with E-state index in [0.717, 1.165) is 17.1 Å². The third-order valence-corrected chi connectivity index (χ3v) is 2.78. The molecule has 0 aromatic heterocycles. The fraction of sp³-hybridized carbons (Fsp3) is 0. The molecular weight excluding hydrogens is 250 g/mol. The summed E-state index contributed by atoms with van der Waals surface area (Å²) in [7, 11) is 0. The van der Waals surface area contributed by atoms with Crippen LogP contribution in [0.15, 0.2) is 66.7 Å². The summed E-state index contributed by atoms with van der Waals surface area (Å²) >= 11 is 0. The van der Waals surface area contributed by atoms with E-state index >= 15 is 0 Å². The van der Waals surface area contributed by atoms with E-state index in [9.17, 15) is 4.79 Å². The zero-order valence-electron chi connectivity index (χ0n) is 10.9. The van der Waals surface area contributed by atoms with Gasteiger partial charge in [0.15, 0.2) is 0 Å². The first-order chi connectivity index (χ1) is 9.69. The largest absolute Gasteiger partial charge is 0.508 e.